The number of carbonyl (C=O) groups is 1. The molecule has 1 unspecified atom stereocenters. The largest absolute Gasteiger partial charge is 0.352 e. The summed E-state index contributed by atoms with van der Waals surface area (Å²) in [6, 6.07) is 0.422. The van der Waals surface area contributed by atoms with E-state index >= 15 is 0 Å². The maximum atomic E-state index is 11.6. The number of amides is 1. The molecule has 0 aromatic carbocycles. The van der Waals surface area contributed by atoms with Crippen LogP contribution < -0.4 is 5.32 Å². The first-order chi connectivity index (χ1) is 6.63. The second kappa shape index (κ2) is 5.74. The molecule has 1 amide bonds. The van der Waals surface area contributed by atoms with Crippen LogP contribution in [0, 0.1) is 5.92 Å². The van der Waals surface area contributed by atoms with Crippen molar-refractivity contribution in [2.75, 3.05) is 0 Å². The summed E-state index contributed by atoms with van der Waals surface area (Å²) in [7, 11) is 0. The summed E-state index contributed by atoms with van der Waals surface area (Å²) >= 11 is 3.37. The van der Waals surface area contributed by atoms with E-state index in [9.17, 15) is 4.79 Å². The van der Waals surface area contributed by atoms with Crippen molar-refractivity contribution >= 4 is 21.8 Å². The molecule has 0 aromatic rings. The van der Waals surface area contributed by atoms with Crippen LogP contribution in [0.25, 0.3) is 0 Å². The summed E-state index contributed by atoms with van der Waals surface area (Å²) in [6.07, 6.45) is 5.66. The van der Waals surface area contributed by atoms with Gasteiger partial charge in [0.2, 0.25) is 5.91 Å². The zero-order chi connectivity index (χ0) is 10.6. The number of hydrogen-bond donors (Lipinski definition) is 1. The first-order valence-corrected chi connectivity index (χ1v) is 6.49. The molecular weight excluding hydrogens is 242 g/mol. The van der Waals surface area contributed by atoms with E-state index in [4.69, 9.17) is 0 Å². The molecule has 1 aliphatic rings. The average Bonchev–Trinajstić information content (AvgIpc) is 2.20. The van der Waals surface area contributed by atoms with Gasteiger partial charge in [-0.3, -0.25) is 4.79 Å². The SMILES string of the molecule is CCC(Br)C(=O)NC1CCC(C)CC1. The van der Waals surface area contributed by atoms with Gasteiger partial charge in [0.1, 0.15) is 0 Å². The Balaban J connectivity index is 2.27. The van der Waals surface area contributed by atoms with Gasteiger partial charge in [-0.25, -0.2) is 0 Å². The summed E-state index contributed by atoms with van der Waals surface area (Å²) < 4.78 is 0. The van der Waals surface area contributed by atoms with E-state index in [-0.39, 0.29) is 10.7 Å². The molecule has 0 aliphatic heterocycles. The van der Waals surface area contributed by atoms with Gasteiger partial charge >= 0.3 is 0 Å². The van der Waals surface area contributed by atoms with Crippen molar-refractivity contribution in [3.05, 3.63) is 0 Å². The minimum Gasteiger partial charge on any atom is -0.352 e. The van der Waals surface area contributed by atoms with Gasteiger partial charge in [-0.05, 0) is 38.0 Å². The van der Waals surface area contributed by atoms with Crippen LogP contribution in [0.2, 0.25) is 0 Å². The molecule has 0 aromatic heterocycles. The van der Waals surface area contributed by atoms with Crippen LogP contribution in [0.3, 0.4) is 0 Å². The van der Waals surface area contributed by atoms with E-state index in [2.05, 4.69) is 28.2 Å². The summed E-state index contributed by atoms with van der Waals surface area (Å²) in [6.45, 7) is 4.30. The molecule has 1 N–H and O–H groups in total. The van der Waals surface area contributed by atoms with Crippen molar-refractivity contribution in [3.63, 3.8) is 0 Å². The number of halogens is 1. The smallest absolute Gasteiger partial charge is 0.233 e. The molecule has 82 valence electrons. The van der Waals surface area contributed by atoms with Crippen molar-refractivity contribution in [2.45, 2.75) is 56.8 Å². The average molecular weight is 262 g/mol. The lowest BCUT2D eigenvalue weighted by molar-refractivity contribution is -0.121. The summed E-state index contributed by atoms with van der Waals surface area (Å²) in [5.74, 6) is 1.00. The van der Waals surface area contributed by atoms with Gasteiger partial charge in [-0.15, -0.1) is 0 Å². The topological polar surface area (TPSA) is 29.1 Å². The second-order valence-corrected chi connectivity index (χ2v) is 5.45. The third kappa shape index (κ3) is 3.60. The predicted octanol–water partition coefficient (Wildman–Crippen LogP) is 2.85. The summed E-state index contributed by atoms with van der Waals surface area (Å²) in [5, 5.41) is 3.10. The van der Waals surface area contributed by atoms with E-state index in [1.54, 1.807) is 0 Å². The number of hydrogen-bond acceptors (Lipinski definition) is 1. The zero-order valence-electron chi connectivity index (χ0n) is 9.05. The summed E-state index contributed by atoms with van der Waals surface area (Å²) in [4.78, 5) is 11.6. The Labute approximate surface area is 95.0 Å². The Bertz CT molecular complexity index is 188. The highest BCUT2D eigenvalue weighted by Gasteiger charge is 2.21. The van der Waals surface area contributed by atoms with Crippen LogP contribution in [0.1, 0.15) is 46.0 Å². The number of alkyl halides is 1. The van der Waals surface area contributed by atoms with Crippen LogP contribution in [0.4, 0.5) is 0 Å². The number of nitrogens with one attached hydrogen (secondary N) is 1. The molecule has 0 bridgehead atoms. The van der Waals surface area contributed by atoms with Gasteiger partial charge in [0.25, 0.3) is 0 Å². The van der Waals surface area contributed by atoms with E-state index in [1.807, 2.05) is 6.92 Å². The van der Waals surface area contributed by atoms with E-state index in [0.29, 0.717) is 6.04 Å². The van der Waals surface area contributed by atoms with Gasteiger partial charge in [-0.2, -0.15) is 0 Å². The van der Waals surface area contributed by atoms with Crippen molar-refractivity contribution in [1.82, 2.24) is 5.32 Å². The standard InChI is InChI=1S/C11H20BrNO/c1-3-10(12)11(14)13-9-6-4-8(2)5-7-9/h8-10H,3-7H2,1-2H3,(H,13,14). The van der Waals surface area contributed by atoms with Gasteiger partial charge in [-0.1, -0.05) is 29.8 Å². The predicted molar refractivity (Wildman–Crippen MR) is 62.6 cm³/mol. The Kier molecular flexibility index (Phi) is 4.93. The van der Waals surface area contributed by atoms with Crippen LogP contribution >= 0.6 is 15.9 Å². The Morgan fingerprint density at radius 2 is 2.00 bits per heavy atom. The molecule has 1 atom stereocenters. The van der Waals surface area contributed by atoms with Crippen molar-refractivity contribution in [1.29, 1.82) is 0 Å². The fraction of sp³-hybridized carbons (Fsp3) is 0.909. The molecule has 0 heterocycles. The van der Waals surface area contributed by atoms with E-state index in [1.165, 1.54) is 12.8 Å². The third-order valence-corrected chi connectivity index (χ3v) is 4.07. The minimum atomic E-state index is -0.0122. The lowest BCUT2D eigenvalue weighted by Gasteiger charge is -2.27. The van der Waals surface area contributed by atoms with Gasteiger partial charge < -0.3 is 5.32 Å². The molecule has 0 radical (unpaired) electrons. The van der Waals surface area contributed by atoms with E-state index < -0.39 is 0 Å². The normalized spacial score (nSPS) is 29.6. The maximum absolute atomic E-state index is 11.6. The highest BCUT2D eigenvalue weighted by molar-refractivity contribution is 9.10. The second-order valence-electron chi connectivity index (χ2n) is 4.34. The Morgan fingerprint density at radius 3 is 2.50 bits per heavy atom. The molecule has 1 rings (SSSR count). The van der Waals surface area contributed by atoms with Crippen molar-refractivity contribution < 1.29 is 4.79 Å². The molecule has 2 nitrogen and oxygen atoms in total. The maximum Gasteiger partial charge on any atom is 0.233 e. The van der Waals surface area contributed by atoms with Crippen molar-refractivity contribution in [2.24, 2.45) is 5.92 Å². The quantitative estimate of drug-likeness (QED) is 0.778. The minimum absolute atomic E-state index is 0.0122. The third-order valence-electron chi connectivity index (χ3n) is 3.01. The Hall–Kier alpha value is -0.0500. The molecule has 1 saturated carbocycles. The van der Waals surface area contributed by atoms with Gasteiger partial charge in [0.05, 0.1) is 4.83 Å². The highest BCUT2D eigenvalue weighted by Crippen LogP contribution is 2.23. The van der Waals surface area contributed by atoms with Crippen LogP contribution in [-0.2, 0) is 4.79 Å². The fourth-order valence-electron chi connectivity index (χ4n) is 1.88. The number of carbonyl (C=O) groups excluding carboxylic acids is 1. The monoisotopic (exact) mass is 261 g/mol. The molecule has 0 saturated heterocycles. The lowest BCUT2D eigenvalue weighted by Crippen LogP contribution is -2.40. The highest BCUT2D eigenvalue weighted by atomic mass is 79.9. The molecular formula is C11H20BrNO. The van der Waals surface area contributed by atoms with Gasteiger partial charge in [0, 0.05) is 6.04 Å². The first-order valence-electron chi connectivity index (χ1n) is 5.58. The molecule has 0 spiro atoms. The molecule has 1 aliphatic carbocycles. The van der Waals surface area contributed by atoms with Crippen molar-refractivity contribution in [3.8, 4) is 0 Å². The van der Waals surface area contributed by atoms with Crippen LogP contribution in [0.5, 0.6) is 0 Å². The van der Waals surface area contributed by atoms with E-state index in [0.717, 1.165) is 25.2 Å². The zero-order valence-corrected chi connectivity index (χ0v) is 10.6. The van der Waals surface area contributed by atoms with Crippen LogP contribution in [-0.4, -0.2) is 16.8 Å². The fourth-order valence-corrected chi connectivity index (χ4v) is 2.01. The lowest BCUT2D eigenvalue weighted by atomic mass is 9.87. The Morgan fingerprint density at radius 1 is 1.43 bits per heavy atom. The molecule has 14 heavy (non-hydrogen) atoms. The molecule has 1 fully saturated rings. The van der Waals surface area contributed by atoms with Gasteiger partial charge in [0.15, 0.2) is 0 Å². The summed E-state index contributed by atoms with van der Waals surface area (Å²) in [5.41, 5.74) is 0. The number of rotatable bonds is 3. The first kappa shape index (κ1) is 12.0. The van der Waals surface area contributed by atoms with Crippen LogP contribution in [0.15, 0.2) is 0 Å². The molecule has 3 heteroatoms.